The number of Topliss-reactive ketones (excluding diaryl/α,β-unsaturated/α-hetero) is 1. The SMILES string of the molecule is Cc1ccc([Te]C(=Nc2c(C)cccc2C)C(=O)C(C)(C)C)cc1. The van der Waals surface area contributed by atoms with Crippen molar-refractivity contribution >= 4 is 39.8 Å². The van der Waals surface area contributed by atoms with E-state index < -0.39 is 26.3 Å². The van der Waals surface area contributed by atoms with Crippen LogP contribution in [0, 0.1) is 26.2 Å². The summed E-state index contributed by atoms with van der Waals surface area (Å²) < 4.78 is 2.00. The third kappa shape index (κ3) is 4.79. The fourth-order valence-corrected chi connectivity index (χ4v) is 5.19. The number of carbonyl (C=O) groups is 1. The van der Waals surface area contributed by atoms with Crippen molar-refractivity contribution in [2.24, 2.45) is 10.4 Å². The molecule has 0 saturated heterocycles. The Kier molecular flexibility index (Phi) is 6.01. The van der Waals surface area contributed by atoms with Gasteiger partial charge in [-0.1, -0.05) is 0 Å². The molecule has 0 fully saturated rings. The van der Waals surface area contributed by atoms with Crippen LogP contribution in [0.15, 0.2) is 47.5 Å². The van der Waals surface area contributed by atoms with Gasteiger partial charge in [-0.15, -0.1) is 0 Å². The average molecular weight is 435 g/mol. The molecule has 0 atom stereocenters. The zero-order valence-electron chi connectivity index (χ0n) is 15.3. The Labute approximate surface area is 155 Å². The van der Waals surface area contributed by atoms with Gasteiger partial charge in [0, 0.05) is 0 Å². The van der Waals surface area contributed by atoms with Crippen LogP contribution >= 0.6 is 0 Å². The van der Waals surface area contributed by atoms with Crippen molar-refractivity contribution in [3.8, 4) is 0 Å². The van der Waals surface area contributed by atoms with Crippen LogP contribution < -0.4 is 3.61 Å². The van der Waals surface area contributed by atoms with Crippen LogP contribution in [0.5, 0.6) is 0 Å². The van der Waals surface area contributed by atoms with Crippen LogP contribution in [0.1, 0.15) is 37.5 Å². The molecule has 2 nitrogen and oxygen atoms in total. The Morgan fingerprint density at radius 3 is 1.96 bits per heavy atom. The summed E-state index contributed by atoms with van der Waals surface area (Å²) in [5.41, 5.74) is 4.00. The van der Waals surface area contributed by atoms with Gasteiger partial charge >= 0.3 is 156 Å². The summed E-state index contributed by atoms with van der Waals surface area (Å²) in [6, 6.07) is 14.6. The summed E-state index contributed by atoms with van der Waals surface area (Å²) in [4.78, 5) is 17.8. The van der Waals surface area contributed by atoms with E-state index >= 15 is 0 Å². The van der Waals surface area contributed by atoms with E-state index in [1.807, 2.05) is 26.8 Å². The number of ketones is 1. The molecule has 0 aliphatic heterocycles. The molecule has 0 aromatic heterocycles. The Morgan fingerprint density at radius 2 is 1.46 bits per heavy atom. The van der Waals surface area contributed by atoms with Gasteiger partial charge in [-0.05, 0) is 0 Å². The molecule has 126 valence electrons. The molecular formula is C21H25NOTe. The molecule has 24 heavy (non-hydrogen) atoms. The predicted molar refractivity (Wildman–Crippen MR) is 104 cm³/mol. The molecule has 0 unspecified atom stereocenters. The Bertz CT molecular complexity index is 747. The van der Waals surface area contributed by atoms with Gasteiger partial charge in [0.15, 0.2) is 0 Å². The predicted octanol–water partition coefficient (Wildman–Crippen LogP) is 4.29. The maximum atomic E-state index is 13.0. The van der Waals surface area contributed by atoms with Crippen LogP contribution in [0.2, 0.25) is 0 Å². The molecule has 0 N–H and O–H groups in total. The summed E-state index contributed by atoms with van der Waals surface area (Å²) in [6.07, 6.45) is 0. The van der Waals surface area contributed by atoms with E-state index in [9.17, 15) is 4.79 Å². The third-order valence-corrected chi connectivity index (χ3v) is 6.55. The first-order chi connectivity index (χ1) is 11.2. The number of hydrogen-bond acceptors (Lipinski definition) is 2. The summed E-state index contributed by atoms with van der Waals surface area (Å²) in [5.74, 6) is 0.160. The fourth-order valence-electron chi connectivity index (χ4n) is 2.24. The average Bonchev–Trinajstić information content (AvgIpc) is 2.50. The van der Waals surface area contributed by atoms with Crippen molar-refractivity contribution in [2.75, 3.05) is 0 Å². The molecule has 0 bridgehead atoms. The van der Waals surface area contributed by atoms with Crippen molar-refractivity contribution in [1.82, 2.24) is 0 Å². The monoisotopic (exact) mass is 437 g/mol. The van der Waals surface area contributed by atoms with E-state index in [0.717, 1.165) is 20.6 Å². The number of aliphatic imine (C=N–C) groups is 1. The second kappa shape index (κ2) is 7.64. The van der Waals surface area contributed by atoms with Crippen LogP contribution in [-0.2, 0) is 4.79 Å². The molecule has 0 aliphatic carbocycles. The van der Waals surface area contributed by atoms with E-state index in [1.165, 1.54) is 9.17 Å². The standard InChI is InChI=1S/C21H25NOTe/c1-14-10-12-17(13-11-14)24-20(19(23)21(4,5)6)22-18-15(2)8-7-9-16(18)3/h7-13H,1-6H3. The number of aryl methyl sites for hydroxylation is 3. The number of benzene rings is 2. The third-order valence-electron chi connectivity index (χ3n) is 3.76. The molecule has 0 amide bonds. The molecule has 0 saturated carbocycles. The normalized spacial score (nSPS) is 12.3. The number of nitrogens with zero attached hydrogens (tertiary/aromatic N) is 1. The van der Waals surface area contributed by atoms with Gasteiger partial charge < -0.3 is 0 Å². The van der Waals surface area contributed by atoms with Gasteiger partial charge in [-0.25, -0.2) is 0 Å². The molecule has 3 heteroatoms. The molecule has 0 radical (unpaired) electrons. The van der Waals surface area contributed by atoms with E-state index in [-0.39, 0.29) is 5.78 Å². The van der Waals surface area contributed by atoms with E-state index in [2.05, 4.69) is 57.2 Å². The van der Waals surface area contributed by atoms with Gasteiger partial charge in [-0.2, -0.15) is 0 Å². The first-order valence-corrected chi connectivity index (χ1v) is 10.5. The molecule has 2 rings (SSSR count). The van der Waals surface area contributed by atoms with Gasteiger partial charge in [0.05, 0.1) is 0 Å². The maximum absolute atomic E-state index is 13.0. The van der Waals surface area contributed by atoms with Crippen LogP contribution in [-0.4, -0.2) is 30.5 Å². The van der Waals surface area contributed by atoms with Gasteiger partial charge in [-0.3, -0.25) is 0 Å². The Hall–Kier alpha value is -1.43. The molecule has 2 aromatic rings. The minimum absolute atomic E-state index is 0.160. The summed E-state index contributed by atoms with van der Waals surface area (Å²) in [7, 11) is 0. The Morgan fingerprint density at radius 1 is 0.917 bits per heavy atom. The number of para-hydroxylation sites is 1. The van der Waals surface area contributed by atoms with Crippen molar-refractivity contribution in [3.63, 3.8) is 0 Å². The zero-order chi connectivity index (χ0) is 17.9. The van der Waals surface area contributed by atoms with Crippen LogP contribution in [0.25, 0.3) is 0 Å². The zero-order valence-corrected chi connectivity index (χ0v) is 17.6. The molecular weight excluding hydrogens is 410 g/mol. The van der Waals surface area contributed by atoms with Crippen molar-refractivity contribution < 1.29 is 4.79 Å². The molecule has 0 aliphatic rings. The first kappa shape index (κ1) is 18.9. The quantitative estimate of drug-likeness (QED) is 0.521. The molecule has 0 spiro atoms. The van der Waals surface area contributed by atoms with Crippen molar-refractivity contribution in [1.29, 1.82) is 0 Å². The van der Waals surface area contributed by atoms with E-state index in [1.54, 1.807) is 0 Å². The first-order valence-electron chi connectivity index (χ1n) is 8.12. The Balaban J connectivity index is 2.48. The summed E-state index contributed by atoms with van der Waals surface area (Å²) in [6.45, 7) is 12.1. The van der Waals surface area contributed by atoms with Crippen molar-refractivity contribution in [3.05, 3.63) is 59.2 Å². The summed E-state index contributed by atoms with van der Waals surface area (Å²) in [5, 5.41) is 0. The number of rotatable bonds is 4. The topological polar surface area (TPSA) is 29.4 Å². The second-order valence-corrected chi connectivity index (χ2v) is 10.2. The van der Waals surface area contributed by atoms with Crippen LogP contribution in [0.3, 0.4) is 0 Å². The van der Waals surface area contributed by atoms with E-state index in [4.69, 9.17) is 4.99 Å². The summed E-state index contributed by atoms with van der Waals surface area (Å²) >= 11 is -0.822. The molecule has 2 aromatic carbocycles. The second-order valence-electron chi connectivity index (χ2n) is 7.15. The number of hydrogen-bond donors (Lipinski definition) is 0. The van der Waals surface area contributed by atoms with Gasteiger partial charge in [0.25, 0.3) is 0 Å². The minimum atomic E-state index is -0.822. The van der Waals surface area contributed by atoms with Crippen LogP contribution in [0.4, 0.5) is 5.69 Å². The molecule has 0 heterocycles. The van der Waals surface area contributed by atoms with Crippen molar-refractivity contribution in [2.45, 2.75) is 41.5 Å². The number of carbonyl (C=O) groups excluding carboxylic acids is 1. The fraction of sp³-hybridized carbons (Fsp3) is 0.333. The van der Waals surface area contributed by atoms with E-state index in [0.29, 0.717) is 0 Å². The van der Waals surface area contributed by atoms with Gasteiger partial charge in [0.1, 0.15) is 0 Å². The van der Waals surface area contributed by atoms with Gasteiger partial charge in [0.2, 0.25) is 0 Å².